The van der Waals surface area contributed by atoms with Gasteiger partial charge in [-0.3, -0.25) is 4.79 Å². The van der Waals surface area contributed by atoms with Crippen LogP contribution in [0.5, 0.6) is 0 Å². The summed E-state index contributed by atoms with van der Waals surface area (Å²) >= 11 is 5.73. The molecule has 0 saturated heterocycles. The molecule has 1 rings (SSSR count). The molecule has 0 heterocycles. The number of nitrogens with one attached hydrogen (secondary N) is 1. The third kappa shape index (κ3) is 2.93. The number of benzene rings is 1. The molecule has 0 unspecified atom stereocenters. The highest BCUT2D eigenvalue weighted by Crippen LogP contribution is 2.18. The van der Waals surface area contributed by atoms with Crippen molar-refractivity contribution < 1.29 is 14.3 Å². The van der Waals surface area contributed by atoms with Crippen molar-refractivity contribution in [2.24, 2.45) is 0 Å². The number of amides is 1. The Morgan fingerprint density at radius 2 is 2.31 bits per heavy atom. The van der Waals surface area contributed by atoms with Gasteiger partial charge in [0.25, 0.3) is 5.91 Å². The first-order chi connectivity index (χ1) is 7.60. The molecule has 0 radical (unpaired) electrons. The molecule has 0 aliphatic heterocycles. The lowest BCUT2D eigenvalue weighted by Gasteiger charge is -2.14. The number of aliphatic hydroxyl groups excluding tert-OH is 1. The highest BCUT2D eigenvalue weighted by molar-refractivity contribution is 6.33. The monoisotopic (exact) mass is 245 g/mol. The molecule has 88 valence electrons. The Kier molecular flexibility index (Phi) is 4.71. The number of aliphatic hydroxyl groups is 1. The molecule has 5 heteroatoms. The molecule has 1 amide bonds. The van der Waals surface area contributed by atoms with E-state index in [1.807, 2.05) is 6.92 Å². The molecule has 1 aromatic carbocycles. The molecule has 3 nitrogen and oxygen atoms in total. The average Bonchev–Trinajstić information content (AvgIpc) is 2.25. The molecular formula is C11H13ClFNO2. The van der Waals surface area contributed by atoms with Crippen molar-refractivity contribution >= 4 is 17.5 Å². The van der Waals surface area contributed by atoms with E-state index in [1.165, 1.54) is 18.2 Å². The zero-order valence-electron chi connectivity index (χ0n) is 8.84. The first-order valence-corrected chi connectivity index (χ1v) is 5.33. The first kappa shape index (κ1) is 12.9. The lowest BCUT2D eigenvalue weighted by Crippen LogP contribution is -2.37. The van der Waals surface area contributed by atoms with Gasteiger partial charge in [0.1, 0.15) is 5.82 Å². The normalized spacial score (nSPS) is 12.2. The van der Waals surface area contributed by atoms with Crippen LogP contribution in [0.1, 0.15) is 23.7 Å². The van der Waals surface area contributed by atoms with Crippen LogP contribution in [-0.4, -0.2) is 23.7 Å². The van der Waals surface area contributed by atoms with Gasteiger partial charge in [0, 0.05) is 0 Å². The van der Waals surface area contributed by atoms with Crippen molar-refractivity contribution in [2.75, 3.05) is 6.61 Å². The third-order valence-corrected chi connectivity index (χ3v) is 2.55. The molecular weight excluding hydrogens is 233 g/mol. The molecule has 0 saturated carbocycles. The minimum atomic E-state index is -0.669. The summed E-state index contributed by atoms with van der Waals surface area (Å²) in [5, 5.41) is 11.5. The van der Waals surface area contributed by atoms with Crippen LogP contribution in [0.15, 0.2) is 18.2 Å². The van der Waals surface area contributed by atoms with E-state index in [1.54, 1.807) is 0 Å². The van der Waals surface area contributed by atoms with Crippen molar-refractivity contribution in [3.05, 3.63) is 34.6 Å². The maximum atomic E-state index is 13.4. The fourth-order valence-corrected chi connectivity index (χ4v) is 1.50. The van der Waals surface area contributed by atoms with Crippen molar-refractivity contribution in [3.63, 3.8) is 0 Å². The summed E-state index contributed by atoms with van der Waals surface area (Å²) in [4.78, 5) is 11.7. The maximum Gasteiger partial charge on any atom is 0.256 e. The third-order valence-electron chi connectivity index (χ3n) is 2.24. The minimum Gasteiger partial charge on any atom is -0.394 e. The van der Waals surface area contributed by atoms with Gasteiger partial charge in [0.05, 0.1) is 23.2 Å². The van der Waals surface area contributed by atoms with Gasteiger partial charge in [0.2, 0.25) is 0 Å². The number of carbonyl (C=O) groups excluding carboxylic acids is 1. The van der Waals surface area contributed by atoms with Crippen molar-refractivity contribution in [3.8, 4) is 0 Å². The van der Waals surface area contributed by atoms with Crippen LogP contribution in [0.4, 0.5) is 4.39 Å². The molecule has 0 spiro atoms. The molecule has 0 bridgehead atoms. The van der Waals surface area contributed by atoms with Crippen molar-refractivity contribution in [1.82, 2.24) is 5.32 Å². The first-order valence-electron chi connectivity index (χ1n) is 4.95. The molecule has 16 heavy (non-hydrogen) atoms. The summed E-state index contributed by atoms with van der Waals surface area (Å²) in [6.45, 7) is 1.62. The lowest BCUT2D eigenvalue weighted by molar-refractivity contribution is 0.0911. The van der Waals surface area contributed by atoms with E-state index in [2.05, 4.69) is 5.32 Å². The smallest absolute Gasteiger partial charge is 0.256 e. The summed E-state index contributed by atoms with van der Waals surface area (Å²) in [6.07, 6.45) is 0.564. The summed E-state index contributed by atoms with van der Waals surface area (Å²) in [7, 11) is 0. The Balaban J connectivity index is 2.88. The van der Waals surface area contributed by atoms with Crippen LogP contribution >= 0.6 is 11.6 Å². The second-order valence-corrected chi connectivity index (χ2v) is 3.77. The molecule has 0 aliphatic carbocycles. The van der Waals surface area contributed by atoms with Crippen LogP contribution in [0.25, 0.3) is 0 Å². The van der Waals surface area contributed by atoms with E-state index in [0.29, 0.717) is 6.42 Å². The van der Waals surface area contributed by atoms with Gasteiger partial charge in [-0.15, -0.1) is 0 Å². The second-order valence-electron chi connectivity index (χ2n) is 3.36. The fraction of sp³-hybridized carbons (Fsp3) is 0.364. The summed E-state index contributed by atoms with van der Waals surface area (Å²) in [5.41, 5.74) is -0.184. The van der Waals surface area contributed by atoms with Gasteiger partial charge in [-0.2, -0.15) is 0 Å². The number of halogens is 2. The number of hydrogen-bond donors (Lipinski definition) is 2. The van der Waals surface area contributed by atoms with Crippen molar-refractivity contribution in [1.29, 1.82) is 0 Å². The van der Waals surface area contributed by atoms with Crippen LogP contribution in [0.3, 0.4) is 0 Å². The summed E-state index contributed by atoms with van der Waals surface area (Å²) in [5.74, 6) is -1.28. The van der Waals surface area contributed by atoms with Crippen LogP contribution in [-0.2, 0) is 0 Å². The van der Waals surface area contributed by atoms with E-state index in [-0.39, 0.29) is 23.2 Å². The zero-order valence-corrected chi connectivity index (χ0v) is 9.59. The Morgan fingerprint density at radius 3 is 2.81 bits per heavy atom. The second kappa shape index (κ2) is 5.82. The Labute approximate surface area is 98.2 Å². The van der Waals surface area contributed by atoms with Gasteiger partial charge in [-0.1, -0.05) is 24.6 Å². The molecule has 0 aliphatic rings. The molecule has 2 N–H and O–H groups in total. The maximum absolute atomic E-state index is 13.4. The summed E-state index contributed by atoms with van der Waals surface area (Å²) < 4.78 is 13.4. The van der Waals surface area contributed by atoms with Crippen LogP contribution in [0, 0.1) is 5.82 Å². The van der Waals surface area contributed by atoms with E-state index in [9.17, 15) is 9.18 Å². The zero-order chi connectivity index (χ0) is 12.1. The van der Waals surface area contributed by atoms with Crippen molar-refractivity contribution in [2.45, 2.75) is 19.4 Å². The lowest BCUT2D eigenvalue weighted by atomic mass is 10.1. The van der Waals surface area contributed by atoms with E-state index in [0.717, 1.165) is 0 Å². The molecule has 0 fully saturated rings. The minimum absolute atomic E-state index is 0.0605. The average molecular weight is 246 g/mol. The summed E-state index contributed by atoms with van der Waals surface area (Å²) in [6, 6.07) is 3.65. The van der Waals surface area contributed by atoms with Crippen LogP contribution in [0.2, 0.25) is 5.02 Å². The van der Waals surface area contributed by atoms with Gasteiger partial charge in [-0.05, 0) is 18.6 Å². The number of carbonyl (C=O) groups is 1. The fourth-order valence-electron chi connectivity index (χ4n) is 1.25. The van der Waals surface area contributed by atoms with E-state index >= 15 is 0 Å². The van der Waals surface area contributed by atoms with Gasteiger partial charge >= 0.3 is 0 Å². The number of rotatable bonds is 4. The predicted molar refractivity (Wildman–Crippen MR) is 60.0 cm³/mol. The molecule has 1 aromatic rings. The standard InChI is InChI=1S/C11H13ClFNO2/c1-2-7(6-15)14-11(16)10-8(12)4-3-5-9(10)13/h3-5,7,15H,2,6H2,1H3,(H,14,16)/t7-/m0/s1. The van der Waals surface area contributed by atoms with Gasteiger partial charge in [0.15, 0.2) is 0 Å². The Morgan fingerprint density at radius 1 is 1.62 bits per heavy atom. The van der Waals surface area contributed by atoms with E-state index < -0.39 is 11.7 Å². The molecule has 1 atom stereocenters. The molecule has 0 aromatic heterocycles. The van der Waals surface area contributed by atoms with Crippen LogP contribution < -0.4 is 5.32 Å². The Bertz CT molecular complexity index is 360. The SMILES string of the molecule is CC[C@@H](CO)NC(=O)c1c(F)cccc1Cl. The topological polar surface area (TPSA) is 49.3 Å². The largest absolute Gasteiger partial charge is 0.394 e. The highest BCUT2D eigenvalue weighted by atomic mass is 35.5. The van der Waals surface area contributed by atoms with Gasteiger partial charge in [-0.25, -0.2) is 4.39 Å². The highest BCUT2D eigenvalue weighted by Gasteiger charge is 2.17. The quantitative estimate of drug-likeness (QED) is 0.852. The van der Waals surface area contributed by atoms with E-state index in [4.69, 9.17) is 16.7 Å². The predicted octanol–water partition coefficient (Wildman–Crippen LogP) is 1.98. The van der Waals surface area contributed by atoms with Gasteiger partial charge < -0.3 is 10.4 Å². The number of hydrogen-bond acceptors (Lipinski definition) is 2. The Hall–Kier alpha value is -1.13.